The fraction of sp³-hybridized carbons (Fsp3) is 0.250. The van der Waals surface area contributed by atoms with E-state index in [1.54, 1.807) is 7.11 Å². The Morgan fingerprint density at radius 3 is 2.82 bits per heavy atom. The molecule has 2 aromatic rings. The SMILES string of the molecule is CNc1nc(C)cn1-c1cc(OC)ccc1Br. The molecule has 0 unspecified atom stereocenters. The highest BCUT2D eigenvalue weighted by molar-refractivity contribution is 9.10. The van der Waals surface area contributed by atoms with E-state index in [1.807, 2.05) is 42.9 Å². The molecule has 4 nitrogen and oxygen atoms in total. The summed E-state index contributed by atoms with van der Waals surface area (Å²) in [5, 5.41) is 3.07. The van der Waals surface area contributed by atoms with E-state index in [-0.39, 0.29) is 0 Å². The molecule has 0 aliphatic heterocycles. The fourth-order valence-electron chi connectivity index (χ4n) is 1.66. The number of nitrogens with one attached hydrogen (secondary N) is 1. The van der Waals surface area contributed by atoms with Crippen molar-refractivity contribution in [3.8, 4) is 11.4 Å². The van der Waals surface area contributed by atoms with Crippen LogP contribution in [0, 0.1) is 6.92 Å². The van der Waals surface area contributed by atoms with E-state index in [1.165, 1.54) is 0 Å². The molecule has 0 bridgehead atoms. The number of ether oxygens (including phenoxy) is 1. The predicted octanol–water partition coefficient (Wildman–Crippen LogP) is 2.99. The predicted molar refractivity (Wildman–Crippen MR) is 72.1 cm³/mol. The molecule has 0 aliphatic rings. The average Bonchev–Trinajstić information content (AvgIpc) is 2.71. The maximum atomic E-state index is 5.24. The summed E-state index contributed by atoms with van der Waals surface area (Å²) in [5.41, 5.74) is 1.96. The molecule has 0 spiro atoms. The van der Waals surface area contributed by atoms with Crippen LogP contribution >= 0.6 is 15.9 Å². The molecule has 1 aromatic carbocycles. The van der Waals surface area contributed by atoms with Crippen LogP contribution in [0.5, 0.6) is 5.75 Å². The monoisotopic (exact) mass is 295 g/mol. The molecule has 17 heavy (non-hydrogen) atoms. The van der Waals surface area contributed by atoms with Crippen molar-refractivity contribution in [2.45, 2.75) is 6.92 Å². The van der Waals surface area contributed by atoms with Crippen LogP contribution in [-0.2, 0) is 0 Å². The summed E-state index contributed by atoms with van der Waals surface area (Å²) >= 11 is 3.54. The Kier molecular flexibility index (Phi) is 3.38. The number of methoxy groups -OCH3 is 1. The number of halogens is 1. The van der Waals surface area contributed by atoms with Gasteiger partial charge in [0.15, 0.2) is 0 Å². The van der Waals surface area contributed by atoms with Crippen LogP contribution < -0.4 is 10.1 Å². The lowest BCUT2D eigenvalue weighted by atomic mass is 10.3. The number of anilines is 1. The van der Waals surface area contributed by atoms with E-state index in [0.717, 1.165) is 27.6 Å². The standard InChI is InChI=1S/C12H14BrN3O/c1-8-7-16(12(14-2)15-8)11-6-9(17-3)4-5-10(11)13/h4-7H,1-3H3,(H,14,15). The minimum Gasteiger partial charge on any atom is -0.497 e. The summed E-state index contributed by atoms with van der Waals surface area (Å²) in [6, 6.07) is 5.84. The third-order valence-corrected chi connectivity index (χ3v) is 3.13. The molecule has 1 heterocycles. The van der Waals surface area contributed by atoms with Crippen molar-refractivity contribution in [1.29, 1.82) is 0 Å². The summed E-state index contributed by atoms with van der Waals surface area (Å²) in [4.78, 5) is 4.39. The number of benzene rings is 1. The minimum absolute atomic E-state index is 0.802. The second-order valence-corrected chi connectivity index (χ2v) is 4.50. The minimum atomic E-state index is 0.802. The lowest BCUT2D eigenvalue weighted by Gasteiger charge is -2.10. The highest BCUT2D eigenvalue weighted by Gasteiger charge is 2.10. The Morgan fingerprint density at radius 2 is 2.18 bits per heavy atom. The number of hydrogen-bond donors (Lipinski definition) is 1. The molecule has 0 radical (unpaired) electrons. The topological polar surface area (TPSA) is 39.1 Å². The van der Waals surface area contributed by atoms with E-state index in [9.17, 15) is 0 Å². The number of imidazole rings is 1. The van der Waals surface area contributed by atoms with Crippen LogP contribution in [0.3, 0.4) is 0 Å². The van der Waals surface area contributed by atoms with Gasteiger partial charge < -0.3 is 10.1 Å². The number of aryl methyl sites for hydroxylation is 1. The Balaban J connectivity index is 2.58. The number of rotatable bonds is 3. The Labute approximate surface area is 109 Å². The highest BCUT2D eigenvalue weighted by Crippen LogP contribution is 2.28. The zero-order valence-corrected chi connectivity index (χ0v) is 11.6. The van der Waals surface area contributed by atoms with Crippen molar-refractivity contribution >= 4 is 21.9 Å². The van der Waals surface area contributed by atoms with Gasteiger partial charge in [-0.3, -0.25) is 4.57 Å². The zero-order valence-electron chi connectivity index (χ0n) is 9.99. The molecule has 90 valence electrons. The van der Waals surface area contributed by atoms with Crippen molar-refractivity contribution in [3.63, 3.8) is 0 Å². The van der Waals surface area contributed by atoms with Crippen molar-refractivity contribution < 1.29 is 4.74 Å². The van der Waals surface area contributed by atoms with Crippen LogP contribution in [0.2, 0.25) is 0 Å². The maximum absolute atomic E-state index is 5.24. The van der Waals surface area contributed by atoms with Crippen molar-refractivity contribution in [3.05, 3.63) is 34.6 Å². The molecule has 0 atom stereocenters. The number of hydrogen-bond acceptors (Lipinski definition) is 3. The summed E-state index contributed by atoms with van der Waals surface area (Å²) in [7, 11) is 3.51. The van der Waals surface area contributed by atoms with Crippen molar-refractivity contribution in [2.24, 2.45) is 0 Å². The van der Waals surface area contributed by atoms with Gasteiger partial charge in [0.05, 0.1) is 18.5 Å². The molecule has 2 rings (SSSR count). The first-order valence-electron chi connectivity index (χ1n) is 5.23. The van der Waals surface area contributed by atoms with Gasteiger partial charge in [0, 0.05) is 23.8 Å². The Bertz CT molecular complexity index is 537. The fourth-order valence-corrected chi connectivity index (χ4v) is 2.10. The van der Waals surface area contributed by atoms with Gasteiger partial charge >= 0.3 is 0 Å². The first-order valence-corrected chi connectivity index (χ1v) is 6.02. The van der Waals surface area contributed by atoms with Crippen LogP contribution in [0.25, 0.3) is 5.69 Å². The Morgan fingerprint density at radius 1 is 1.41 bits per heavy atom. The van der Waals surface area contributed by atoms with E-state index in [4.69, 9.17) is 4.74 Å². The largest absolute Gasteiger partial charge is 0.497 e. The van der Waals surface area contributed by atoms with Gasteiger partial charge in [-0.05, 0) is 35.0 Å². The lowest BCUT2D eigenvalue weighted by Crippen LogP contribution is -2.01. The normalized spacial score (nSPS) is 10.4. The molecular weight excluding hydrogens is 282 g/mol. The van der Waals surface area contributed by atoms with Gasteiger partial charge in [-0.15, -0.1) is 0 Å². The zero-order chi connectivity index (χ0) is 12.4. The van der Waals surface area contributed by atoms with E-state index >= 15 is 0 Å². The summed E-state index contributed by atoms with van der Waals surface area (Å²) in [6.07, 6.45) is 1.98. The molecular formula is C12H14BrN3O. The van der Waals surface area contributed by atoms with Crippen molar-refractivity contribution in [1.82, 2.24) is 9.55 Å². The molecule has 0 saturated carbocycles. The summed E-state index contributed by atoms with van der Waals surface area (Å²) < 4.78 is 8.22. The van der Waals surface area contributed by atoms with Crippen LogP contribution in [-0.4, -0.2) is 23.7 Å². The molecule has 5 heteroatoms. The quantitative estimate of drug-likeness (QED) is 0.946. The number of nitrogens with zero attached hydrogens (tertiary/aromatic N) is 2. The first-order chi connectivity index (χ1) is 8.15. The third kappa shape index (κ3) is 2.29. The molecule has 1 aromatic heterocycles. The van der Waals surface area contributed by atoms with Crippen LogP contribution in [0.1, 0.15) is 5.69 Å². The van der Waals surface area contributed by atoms with Crippen LogP contribution in [0.4, 0.5) is 5.95 Å². The van der Waals surface area contributed by atoms with E-state index in [2.05, 4.69) is 26.2 Å². The smallest absolute Gasteiger partial charge is 0.207 e. The van der Waals surface area contributed by atoms with E-state index in [0.29, 0.717) is 0 Å². The number of aromatic nitrogens is 2. The highest BCUT2D eigenvalue weighted by atomic mass is 79.9. The van der Waals surface area contributed by atoms with Gasteiger partial charge in [0.25, 0.3) is 0 Å². The van der Waals surface area contributed by atoms with Gasteiger partial charge in [0.2, 0.25) is 5.95 Å². The second kappa shape index (κ2) is 4.79. The third-order valence-electron chi connectivity index (χ3n) is 2.46. The van der Waals surface area contributed by atoms with E-state index < -0.39 is 0 Å². The Hall–Kier alpha value is -1.49. The second-order valence-electron chi connectivity index (χ2n) is 3.64. The maximum Gasteiger partial charge on any atom is 0.207 e. The molecule has 0 fully saturated rings. The van der Waals surface area contributed by atoms with Gasteiger partial charge in [-0.1, -0.05) is 0 Å². The molecule has 0 aliphatic carbocycles. The first kappa shape index (κ1) is 12.0. The molecule has 0 amide bonds. The summed E-state index contributed by atoms with van der Waals surface area (Å²) in [6.45, 7) is 1.96. The molecule has 1 N–H and O–H groups in total. The van der Waals surface area contributed by atoms with Crippen molar-refractivity contribution in [2.75, 3.05) is 19.5 Å². The van der Waals surface area contributed by atoms with Gasteiger partial charge in [0.1, 0.15) is 5.75 Å². The van der Waals surface area contributed by atoms with Gasteiger partial charge in [-0.2, -0.15) is 0 Å². The lowest BCUT2D eigenvalue weighted by molar-refractivity contribution is 0.414. The molecule has 0 saturated heterocycles. The van der Waals surface area contributed by atoms with Gasteiger partial charge in [-0.25, -0.2) is 4.98 Å². The summed E-state index contributed by atoms with van der Waals surface area (Å²) in [5.74, 6) is 1.62. The average molecular weight is 296 g/mol. The van der Waals surface area contributed by atoms with Crippen LogP contribution in [0.15, 0.2) is 28.9 Å².